The Kier molecular flexibility index (Phi) is 13.3. The van der Waals surface area contributed by atoms with Crippen molar-refractivity contribution < 1.29 is 37.1 Å². The number of allylic oxidation sites excluding steroid dienone is 2. The number of carbonyl (C=O) groups excluding carboxylic acids is 2. The van der Waals surface area contributed by atoms with Gasteiger partial charge in [-0.25, -0.2) is 0 Å². The number of aliphatic hydroxyl groups is 1. The van der Waals surface area contributed by atoms with E-state index in [0.29, 0.717) is 29.1 Å². The fourth-order valence-corrected chi connectivity index (χ4v) is 7.94. The normalized spacial score (nSPS) is 18.1. The summed E-state index contributed by atoms with van der Waals surface area (Å²) in [5, 5.41) is 8.66. The second-order valence-corrected chi connectivity index (χ2v) is 15.5. The van der Waals surface area contributed by atoms with E-state index < -0.39 is 0 Å². The van der Waals surface area contributed by atoms with E-state index >= 15 is 0 Å². The molecule has 280 valence electrons. The molecule has 0 amide bonds. The van der Waals surface area contributed by atoms with Crippen LogP contribution in [0.25, 0.3) is 0 Å². The molecule has 1 aliphatic carbocycles. The van der Waals surface area contributed by atoms with Gasteiger partial charge in [0.05, 0.1) is 13.7 Å². The third-order valence-corrected chi connectivity index (χ3v) is 10.7. The molecule has 0 saturated heterocycles. The minimum atomic E-state index is -0.0929. The zero-order valence-electron chi connectivity index (χ0n) is 32.2. The van der Waals surface area contributed by atoms with E-state index in [9.17, 15) is 9.59 Å². The minimum Gasteiger partial charge on any atom is -0.432 e. The first kappa shape index (κ1) is 41.4. The quantitative estimate of drug-likeness (QED) is 0.0994. The van der Waals surface area contributed by atoms with Crippen LogP contribution in [0.3, 0.4) is 0 Å². The number of anilines is 1. The van der Waals surface area contributed by atoms with Crippen LogP contribution in [-0.2, 0) is 22.4 Å². The van der Waals surface area contributed by atoms with Gasteiger partial charge in [-0.1, -0.05) is 123 Å². The summed E-state index contributed by atoms with van der Waals surface area (Å²) in [5.41, 5.74) is 8.82. The second-order valence-electron chi connectivity index (χ2n) is 14.8. The maximum absolute atomic E-state index is 14.5. The smallest absolute Gasteiger partial charge is 0.432 e. The van der Waals surface area contributed by atoms with Crippen LogP contribution in [-0.4, -0.2) is 52.3 Å². The van der Waals surface area contributed by atoms with Crippen LogP contribution in [0.4, 0.5) is 11.4 Å². The fraction of sp³-hybridized carbons (Fsp3) is 0.372. The number of nitrogens with zero attached hydrogens (tertiary/aromatic N) is 4. The molecule has 0 bridgehead atoms. The summed E-state index contributed by atoms with van der Waals surface area (Å²) in [7, 11) is 2.09. The number of benzene rings is 3. The monoisotopic (exact) mass is 903 g/mol. The Morgan fingerprint density at radius 3 is 1.67 bits per heavy atom. The maximum atomic E-state index is 14.5. The molecule has 0 aromatic heterocycles. The van der Waals surface area contributed by atoms with Crippen molar-refractivity contribution in [2.24, 2.45) is 0 Å². The van der Waals surface area contributed by atoms with E-state index in [1.807, 2.05) is 40.0 Å². The molecule has 0 radical (unpaired) electrons. The van der Waals surface area contributed by atoms with Crippen LogP contribution >= 0.6 is 11.9 Å². The van der Waals surface area contributed by atoms with E-state index in [0.717, 1.165) is 17.2 Å². The number of Topliss-reactive ketones (excluding diaryl/α,β-unsaturated/α-hetero) is 2. The predicted molar refractivity (Wildman–Crippen MR) is 213 cm³/mol. The SMILES string of the molecule is C=C1N(CCO)C=CN1SC.CC(C)c1cccc(C(C)C)c1N1[CH-][N+](C)(c2c(C(C)C)cccc2C(C)C)C2=C1C(=O)c1ccccc1C2=O.[Au+]. The van der Waals surface area contributed by atoms with E-state index in [1.165, 1.54) is 22.3 Å². The number of likely N-dealkylation sites (N-methyl/N-ethyl adjacent to an activating group) is 1. The molecule has 0 saturated carbocycles. The number of aliphatic hydroxyl groups excluding tert-OH is 1. The Balaban J connectivity index is 0.000000433. The fourth-order valence-electron chi connectivity index (χ4n) is 7.44. The van der Waals surface area contributed by atoms with Crippen LogP contribution < -0.4 is 9.38 Å². The molecule has 52 heavy (non-hydrogen) atoms. The van der Waals surface area contributed by atoms with Crippen LogP contribution in [0, 0.1) is 6.67 Å². The summed E-state index contributed by atoms with van der Waals surface area (Å²) < 4.78 is 2.11. The first-order chi connectivity index (χ1) is 24.2. The van der Waals surface area contributed by atoms with Crippen LogP contribution in [0.15, 0.2) is 96.9 Å². The molecule has 1 atom stereocenters. The van der Waals surface area contributed by atoms with Crippen molar-refractivity contribution in [2.75, 3.05) is 31.4 Å². The molecule has 6 rings (SSSR count). The van der Waals surface area contributed by atoms with Gasteiger partial charge in [-0.2, -0.15) is 0 Å². The molecule has 3 aliphatic rings. The van der Waals surface area contributed by atoms with Gasteiger partial charge in [0.2, 0.25) is 11.6 Å². The molecule has 9 heteroatoms. The van der Waals surface area contributed by atoms with Crippen LogP contribution in [0.2, 0.25) is 0 Å². The van der Waals surface area contributed by atoms with Crippen molar-refractivity contribution in [3.8, 4) is 0 Å². The van der Waals surface area contributed by atoms with E-state index in [-0.39, 0.29) is 68.7 Å². The van der Waals surface area contributed by atoms with Crippen molar-refractivity contribution >= 4 is 34.9 Å². The molecule has 3 aromatic rings. The number of fused-ring (bicyclic) bond motifs is 1. The average molecular weight is 904 g/mol. The number of rotatable bonds is 9. The Labute approximate surface area is 331 Å². The first-order valence-electron chi connectivity index (χ1n) is 18.0. The van der Waals surface area contributed by atoms with Gasteiger partial charge in [0.1, 0.15) is 17.2 Å². The summed E-state index contributed by atoms with van der Waals surface area (Å²) in [6.07, 6.45) is 5.83. The van der Waals surface area contributed by atoms with Crippen LogP contribution in [0.1, 0.15) is 122 Å². The van der Waals surface area contributed by atoms with Gasteiger partial charge in [-0.15, -0.1) is 0 Å². The van der Waals surface area contributed by atoms with Crippen molar-refractivity contribution in [3.63, 3.8) is 0 Å². The van der Waals surface area contributed by atoms with Crippen molar-refractivity contribution in [1.82, 2.24) is 13.7 Å². The number of ketones is 2. The summed E-state index contributed by atoms with van der Waals surface area (Å²) >= 11 is 1.59. The summed E-state index contributed by atoms with van der Waals surface area (Å²) in [6, 6.07) is 20.2. The van der Waals surface area contributed by atoms with Gasteiger partial charge < -0.3 is 19.4 Å². The molecule has 3 aromatic carbocycles. The van der Waals surface area contributed by atoms with E-state index in [4.69, 9.17) is 5.11 Å². The summed E-state index contributed by atoms with van der Waals surface area (Å²) in [4.78, 5) is 33.0. The van der Waals surface area contributed by atoms with Gasteiger partial charge in [0, 0.05) is 53.1 Å². The Morgan fingerprint density at radius 2 is 1.23 bits per heavy atom. The first-order valence-corrected chi connectivity index (χ1v) is 19.2. The predicted octanol–water partition coefficient (Wildman–Crippen LogP) is 9.86. The largest absolute Gasteiger partial charge is 1.00 e. The molecular weight excluding hydrogens is 850 g/mol. The van der Waals surface area contributed by atoms with Gasteiger partial charge in [0.25, 0.3) is 0 Å². The number of β-amino-alcohol motifs (C(OH)–C–C–N with tert-alkyl or cyclic N) is 1. The van der Waals surface area contributed by atoms with Gasteiger partial charge in [-0.3, -0.25) is 13.9 Å². The molecule has 1 unspecified atom stereocenters. The Morgan fingerprint density at radius 1 is 0.750 bits per heavy atom. The number of hydrogen-bond acceptors (Lipinski definition) is 7. The number of para-hydroxylation sites is 2. The van der Waals surface area contributed by atoms with Crippen molar-refractivity contribution in [3.05, 3.63) is 137 Å². The van der Waals surface area contributed by atoms with Gasteiger partial charge in [0.15, 0.2) is 5.70 Å². The molecule has 0 spiro atoms. The van der Waals surface area contributed by atoms with Gasteiger partial charge >= 0.3 is 22.4 Å². The summed E-state index contributed by atoms with van der Waals surface area (Å²) in [6.45, 7) is 24.3. The van der Waals surface area contributed by atoms with Crippen molar-refractivity contribution in [1.29, 1.82) is 0 Å². The Hall–Kier alpha value is -3.37. The second kappa shape index (κ2) is 16.8. The molecule has 7 nitrogen and oxygen atoms in total. The van der Waals surface area contributed by atoms with Gasteiger partial charge in [-0.05, 0) is 53.4 Å². The summed E-state index contributed by atoms with van der Waals surface area (Å²) in [5.74, 6) is 1.70. The number of carbonyl (C=O) groups is 2. The third kappa shape index (κ3) is 7.39. The molecule has 1 N–H and O–H groups in total. The van der Waals surface area contributed by atoms with Crippen LogP contribution in [0.5, 0.6) is 0 Å². The standard InChI is InChI=1S/C36H42N2O2.C7H12N2OS.Au/c1-21(2)25-16-12-17-26(22(3)4)31(25)37-20-38(9,33-27(23(5)6)18-13-19-28(33)24(7)8)34-32(37)35(39)29-14-10-11-15-30(29)36(34)40;1-7-8(5-6-10)3-4-9(7)11-2;/h10-24H,1-9H3;3-4,10H,1,5-6H2,2H3;/q;;+1. The molecular formula is C43H54AuN4O3S+. The number of quaternary nitrogens is 1. The minimum absolute atomic E-state index is 0. The molecule has 2 heterocycles. The topological polar surface area (TPSA) is 64.1 Å². The number of hydrogen-bond donors (Lipinski definition) is 1. The zero-order chi connectivity index (χ0) is 37.4. The maximum Gasteiger partial charge on any atom is 1.00 e. The third-order valence-electron chi connectivity index (χ3n) is 10.0. The zero-order valence-corrected chi connectivity index (χ0v) is 35.2. The average Bonchev–Trinajstić information content (AvgIpc) is 3.63. The molecule has 0 fully saturated rings. The van der Waals surface area contributed by atoms with E-state index in [2.05, 4.69) is 117 Å². The van der Waals surface area contributed by atoms with E-state index in [1.54, 1.807) is 24.1 Å². The molecule has 2 aliphatic heterocycles. The van der Waals surface area contributed by atoms with Crippen molar-refractivity contribution in [2.45, 2.75) is 79.1 Å². The Bertz CT molecular complexity index is 1850.